The maximum atomic E-state index is 13.1. The van der Waals surface area contributed by atoms with Crippen molar-refractivity contribution < 1.29 is 80.2 Å². The first-order valence-electron chi connectivity index (χ1n) is 40.5. The average Bonchev–Trinajstić information content (AvgIpc) is 1.12. The number of unbranched alkanes of at least 4 members (excludes halogenated alkanes) is 47. The lowest BCUT2D eigenvalue weighted by molar-refractivity contribution is -0.161. The summed E-state index contributed by atoms with van der Waals surface area (Å²) in [5.74, 6) is -0.589. The fourth-order valence-electron chi connectivity index (χ4n) is 12.0. The number of phosphoric ester groups is 2. The standard InChI is InChI=1S/C78H152O17P2/c1-7-9-11-13-15-17-18-19-20-21-22-23-24-25-26-29-33-38-44-50-56-62-77(82)94-74(67-89-76(81)61-55-49-43-37-32-30-27-28-31-35-40-46-52-58-70(3)4)69-93-97(86,87)91-65-72(79)64-90-96(84,85)92-68-73(66-88-75(80)60-54-48-42-16-14-12-10-8-2)95-78(83)63-57-51-45-39-34-36-41-47-53-59-71(5)6/h70-74,79H,7-69H2,1-6H3,(H,84,85)(H,86,87)/t72-,73+,74+/m0/s1. The van der Waals surface area contributed by atoms with Gasteiger partial charge in [-0.1, -0.05) is 356 Å². The minimum atomic E-state index is -4.96. The number of carbonyl (C=O) groups is 4. The van der Waals surface area contributed by atoms with Gasteiger partial charge in [-0.15, -0.1) is 0 Å². The highest BCUT2D eigenvalue weighted by Gasteiger charge is 2.30. The molecule has 0 amide bonds. The minimum Gasteiger partial charge on any atom is -0.462 e. The smallest absolute Gasteiger partial charge is 0.462 e. The van der Waals surface area contributed by atoms with E-state index in [-0.39, 0.29) is 25.7 Å². The molecule has 0 aromatic heterocycles. The van der Waals surface area contributed by atoms with E-state index in [0.717, 1.165) is 108 Å². The van der Waals surface area contributed by atoms with Crippen molar-refractivity contribution in [2.45, 2.75) is 426 Å². The van der Waals surface area contributed by atoms with Crippen molar-refractivity contribution in [3.05, 3.63) is 0 Å². The number of aliphatic hydroxyl groups excluding tert-OH is 1. The molecule has 0 aromatic rings. The summed E-state index contributed by atoms with van der Waals surface area (Å²) in [6.45, 7) is 9.57. The largest absolute Gasteiger partial charge is 0.472 e. The summed E-state index contributed by atoms with van der Waals surface area (Å²) in [5, 5.41) is 10.6. The van der Waals surface area contributed by atoms with Crippen LogP contribution in [0.4, 0.5) is 0 Å². The Balaban J connectivity index is 5.19. The summed E-state index contributed by atoms with van der Waals surface area (Å²) in [5.41, 5.74) is 0. The van der Waals surface area contributed by atoms with Gasteiger partial charge in [0.15, 0.2) is 12.2 Å². The molecule has 5 atom stereocenters. The third-order valence-electron chi connectivity index (χ3n) is 18.2. The van der Waals surface area contributed by atoms with Crippen LogP contribution in [0.3, 0.4) is 0 Å². The van der Waals surface area contributed by atoms with E-state index < -0.39 is 97.5 Å². The normalized spacial score (nSPS) is 14.0. The molecular weight excluding hydrogens is 1270 g/mol. The van der Waals surface area contributed by atoms with E-state index in [9.17, 15) is 43.2 Å². The van der Waals surface area contributed by atoms with Crippen molar-refractivity contribution in [3.8, 4) is 0 Å². The highest BCUT2D eigenvalue weighted by atomic mass is 31.2. The van der Waals surface area contributed by atoms with Gasteiger partial charge in [0.05, 0.1) is 26.4 Å². The number of phosphoric acid groups is 2. The molecule has 2 unspecified atom stereocenters. The number of ether oxygens (including phenoxy) is 4. The molecule has 0 saturated heterocycles. The maximum Gasteiger partial charge on any atom is 0.472 e. The van der Waals surface area contributed by atoms with Crippen LogP contribution in [0.1, 0.15) is 408 Å². The third-order valence-corrected chi connectivity index (χ3v) is 20.1. The fraction of sp³-hybridized carbons (Fsp3) is 0.949. The van der Waals surface area contributed by atoms with Gasteiger partial charge in [0, 0.05) is 25.7 Å². The molecule has 17 nitrogen and oxygen atoms in total. The molecule has 0 rings (SSSR count). The molecule has 0 radical (unpaired) electrons. The first kappa shape index (κ1) is 95.1. The van der Waals surface area contributed by atoms with Crippen LogP contribution in [0.25, 0.3) is 0 Å². The fourth-order valence-corrected chi connectivity index (χ4v) is 13.6. The zero-order valence-corrected chi connectivity index (χ0v) is 65.2. The molecule has 19 heteroatoms. The van der Waals surface area contributed by atoms with E-state index in [1.165, 1.54) is 218 Å². The number of aliphatic hydroxyl groups is 1. The quantitative estimate of drug-likeness (QED) is 0.0222. The van der Waals surface area contributed by atoms with Crippen molar-refractivity contribution in [2.75, 3.05) is 39.6 Å². The van der Waals surface area contributed by atoms with Gasteiger partial charge in [-0.3, -0.25) is 37.3 Å². The van der Waals surface area contributed by atoms with Crippen molar-refractivity contribution in [3.63, 3.8) is 0 Å². The Morgan fingerprint density at radius 1 is 0.278 bits per heavy atom. The van der Waals surface area contributed by atoms with Crippen molar-refractivity contribution >= 4 is 39.5 Å². The van der Waals surface area contributed by atoms with Crippen molar-refractivity contribution in [2.24, 2.45) is 11.8 Å². The highest BCUT2D eigenvalue weighted by molar-refractivity contribution is 7.47. The van der Waals surface area contributed by atoms with Crippen molar-refractivity contribution in [1.82, 2.24) is 0 Å². The Bertz CT molecular complexity index is 1870. The number of hydrogen-bond acceptors (Lipinski definition) is 15. The van der Waals surface area contributed by atoms with Crippen LogP contribution in [0.5, 0.6) is 0 Å². The zero-order valence-electron chi connectivity index (χ0n) is 63.4. The summed E-state index contributed by atoms with van der Waals surface area (Å²) in [4.78, 5) is 72.8. The third kappa shape index (κ3) is 72.2. The maximum absolute atomic E-state index is 13.1. The Morgan fingerprint density at radius 2 is 0.474 bits per heavy atom. The molecular formula is C78H152O17P2. The van der Waals surface area contributed by atoms with Gasteiger partial charge in [-0.25, -0.2) is 9.13 Å². The Morgan fingerprint density at radius 3 is 0.701 bits per heavy atom. The summed E-state index contributed by atoms with van der Waals surface area (Å²) in [7, 11) is -9.91. The second-order valence-corrected chi connectivity index (χ2v) is 32.0. The summed E-state index contributed by atoms with van der Waals surface area (Å²) in [6.07, 6.45) is 58.5. The predicted molar refractivity (Wildman–Crippen MR) is 395 cm³/mol. The second-order valence-electron chi connectivity index (χ2n) is 29.1. The summed E-state index contributed by atoms with van der Waals surface area (Å²) in [6, 6.07) is 0. The summed E-state index contributed by atoms with van der Waals surface area (Å²) < 4.78 is 68.5. The molecule has 0 heterocycles. The molecule has 3 N–H and O–H groups in total. The Kier molecular flexibility index (Phi) is 68.4. The molecule has 0 aliphatic rings. The van der Waals surface area contributed by atoms with Crippen LogP contribution in [-0.4, -0.2) is 96.7 Å². The highest BCUT2D eigenvalue weighted by Crippen LogP contribution is 2.45. The van der Waals surface area contributed by atoms with E-state index in [2.05, 4.69) is 41.5 Å². The SMILES string of the molecule is CCCCCCCCCCCCCCCCCCCCCCCC(=O)O[C@H](COC(=O)CCCCCCCCCCCCCCCC(C)C)COP(=O)(O)OC[C@@H](O)COP(=O)(O)OC[C@@H](COC(=O)CCCCCCCCCC)OC(=O)CCCCCCCCCCCC(C)C. The molecule has 0 spiro atoms. The number of hydrogen-bond donors (Lipinski definition) is 3. The van der Waals surface area contributed by atoms with Gasteiger partial charge in [0.1, 0.15) is 19.3 Å². The molecule has 0 aliphatic heterocycles. The average molecular weight is 1420 g/mol. The van der Waals surface area contributed by atoms with Gasteiger partial charge < -0.3 is 33.8 Å². The van der Waals surface area contributed by atoms with E-state index in [0.29, 0.717) is 25.7 Å². The number of esters is 4. The van der Waals surface area contributed by atoms with Crippen LogP contribution >= 0.6 is 15.6 Å². The zero-order chi connectivity index (χ0) is 71.4. The lowest BCUT2D eigenvalue weighted by Gasteiger charge is -2.21. The van der Waals surface area contributed by atoms with E-state index in [1.807, 2.05) is 0 Å². The molecule has 0 fully saturated rings. The van der Waals surface area contributed by atoms with Crippen LogP contribution < -0.4 is 0 Å². The number of rotatable bonds is 77. The topological polar surface area (TPSA) is 237 Å². The van der Waals surface area contributed by atoms with Gasteiger partial charge in [-0.2, -0.15) is 0 Å². The van der Waals surface area contributed by atoms with Gasteiger partial charge >= 0.3 is 39.5 Å². The predicted octanol–water partition coefficient (Wildman–Crippen LogP) is 23.1. The van der Waals surface area contributed by atoms with Gasteiger partial charge in [-0.05, 0) is 37.5 Å². The van der Waals surface area contributed by atoms with Crippen LogP contribution in [0.2, 0.25) is 0 Å². The van der Waals surface area contributed by atoms with Gasteiger partial charge in [0.25, 0.3) is 0 Å². The molecule has 0 aromatic carbocycles. The van der Waals surface area contributed by atoms with Crippen molar-refractivity contribution in [1.29, 1.82) is 0 Å². The van der Waals surface area contributed by atoms with Crippen LogP contribution in [0, 0.1) is 11.8 Å². The van der Waals surface area contributed by atoms with E-state index in [1.54, 1.807) is 0 Å². The monoisotopic (exact) mass is 1420 g/mol. The van der Waals surface area contributed by atoms with Crippen LogP contribution in [0.15, 0.2) is 0 Å². The molecule has 576 valence electrons. The Hall–Kier alpha value is -1.94. The molecule has 0 bridgehead atoms. The lowest BCUT2D eigenvalue weighted by atomic mass is 10.0. The van der Waals surface area contributed by atoms with Crippen LogP contribution in [-0.2, 0) is 65.4 Å². The van der Waals surface area contributed by atoms with Gasteiger partial charge in [0.2, 0.25) is 0 Å². The Labute approximate surface area is 594 Å². The number of carbonyl (C=O) groups excluding carboxylic acids is 4. The molecule has 97 heavy (non-hydrogen) atoms. The van der Waals surface area contributed by atoms with E-state index >= 15 is 0 Å². The summed E-state index contributed by atoms with van der Waals surface area (Å²) >= 11 is 0. The molecule has 0 aliphatic carbocycles. The minimum absolute atomic E-state index is 0.105. The lowest BCUT2D eigenvalue weighted by Crippen LogP contribution is -2.30. The second kappa shape index (κ2) is 69.8. The molecule has 0 saturated carbocycles. The first-order valence-corrected chi connectivity index (χ1v) is 43.5. The first-order chi connectivity index (χ1) is 46.9. The van der Waals surface area contributed by atoms with E-state index in [4.69, 9.17) is 37.0 Å².